The average Bonchev–Trinajstić information content (AvgIpc) is 3.18. The van der Waals surface area contributed by atoms with Gasteiger partial charge < -0.3 is 10.2 Å². The Morgan fingerprint density at radius 2 is 2.09 bits per heavy atom. The number of nitro benzene ring substituents is 1. The van der Waals surface area contributed by atoms with E-state index in [2.05, 4.69) is 5.32 Å². The molecule has 1 aromatic heterocycles. The number of nitro groups is 1. The number of urea groups is 1. The molecule has 0 saturated carbocycles. The second kappa shape index (κ2) is 6.15. The maximum atomic E-state index is 12.4. The molecule has 0 spiro atoms. The molecule has 1 N–H and O–H groups in total. The molecule has 1 atom stereocenters. The van der Waals surface area contributed by atoms with Crippen molar-refractivity contribution in [2.75, 3.05) is 11.9 Å². The zero-order chi connectivity index (χ0) is 15.5. The summed E-state index contributed by atoms with van der Waals surface area (Å²) < 4.78 is 0. The normalized spacial score (nSPS) is 17.5. The van der Waals surface area contributed by atoms with Crippen LogP contribution in [0.2, 0.25) is 0 Å². The van der Waals surface area contributed by atoms with E-state index in [1.54, 1.807) is 23.5 Å². The maximum absolute atomic E-state index is 12.4. The summed E-state index contributed by atoms with van der Waals surface area (Å²) in [7, 11) is 0. The highest BCUT2D eigenvalue weighted by atomic mass is 32.1. The molecule has 0 bridgehead atoms. The molecule has 0 unspecified atom stereocenters. The minimum Gasteiger partial charge on any atom is -0.317 e. The fraction of sp³-hybridized carbons (Fsp3) is 0.267. The Morgan fingerprint density at radius 1 is 1.32 bits per heavy atom. The smallest absolute Gasteiger partial charge is 0.317 e. The summed E-state index contributed by atoms with van der Waals surface area (Å²) in [5, 5.41) is 15.5. The Kier molecular flexibility index (Phi) is 4.06. The molecular weight excluding hydrogens is 302 g/mol. The van der Waals surface area contributed by atoms with E-state index < -0.39 is 4.92 Å². The monoisotopic (exact) mass is 317 g/mol. The molecular formula is C15H15N3O3S. The first-order valence-corrected chi connectivity index (χ1v) is 7.88. The van der Waals surface area contributed by atoms with Gasteiger partial charge in [-0.3, -0.25) is 10.1 Å². The first kappa shape index (κ1) is 14.5. The lowest BCUT2D eigenvalue weighted by atomic mass is 10.2. The first-order chi connectivity index (χ1) is 10.6. The van der Waals surface area contributed by atoms with Crippen molar-refractivity contribution in [2.45, 2.75) is 18.9 Å². The number of thiophene rings is 1. The third-order valence-corrected chi connectivity index (χ3v) is 4.69. The number of anilines is 1. The lowest BCUT2D eigenvalue weighted by molar-refractivity contribution is -0.384. The number of likely N-dealkylation sites (tertiary alicyclic amines) is 1. The van der Waals surface area contributed by atoms with Gasteiger partial charge in [0.1, 0.15) is 0 Å². The molecule has 0 radical (unpaired) electrons. The molecule has 1 fully saturated rings. The predicted molar refractivity (Wildman–Crippen MR) is 85.1 cm³/mol. The highest BCUT2D eigenvalue weighted by molar-refractivity contribution is 7.10. The maximum Gasteiger partial charge on any atom is 0.322 e. The van der Waals surface area contributed by atoms with E-state index in [9.17, 15) is 14.9 Å². The Labute approximate surface area is 131 Å². The lowest BCUT2D eigenvalue weighted by Gasteiger charge is -2.24. The molecule has 3 rings (SSSR count). The Morgan fingerprint density at radius 3 is 2.73 bits per heavy atom. The highest BCUT2D eigenvalue weighted by Gasteiger charge is 2.30. The van der Waals surface area contributed by atoms with E-state index >= 15 is 0 Å². The number of nitrogens with zero attached hydrogens (tertiary/aromatic N) is 2. The van der Waals surface area contributed by atoms with E-state index in [0.717, 1.165) is 19.4 Å². The van der Waals surface area contributed by atoms with Gasteiger partial charge in [-0.1, -0.05) is 6.07 Å². The quantitative estimate of drug-likeness (QED) is 0.686. The van der Waals surface area contributed by atoms with Crippen molar-refractivity contribution in [1.82, 2.24) is 4.90 Å². The summed E-state index contributed by atoms with van der Waals surface area (Å²) >= 11 is 1.66. The number of hydrogen-bond acceptors (Lipinski definition) is 4. The van der Waals surface area contributed by atoms with Crippen molar-refractivity contribution in [1.29, 1.82) is 0 Å². The largest absolute Gasteiger partial charge is 0.322 e. The minimum atomic E-state index is -0.459. The molecule has 1 aliphatic rings. The van der Waals surface area contributed by atoms with Gasteiger partial charge in [0.05, 0.1) is 11.0 Å². The van der Waals surface area contributed by atoms with Crippen LogP contribution >= 0.6 is 11.3 Å². The number of nitrogens with one attached hydrogen (secondary N) is 1. The number of carbonyl (C=O) groups is 1. The van der Waals surface area contributed by atoms with E-state index in [-0.39, 0.29) is 17.8 Å². The fourth-order valence-electron chi connectivity index (χ4n) is 2.65. The van der Waals surface area contributed by atoms with Crippen molar-refractivity contribution in [3.63, 3.8) is 0 Å². The summed E-state index contributed by atoms with van der Waals surface area (Å²) in [5.41, 5.74) is 0.572. The van der Waals surface area contributed by atoms with Crippen LogP contribution in [-0.4, -0.2) is 22.4 Å². The van der Waals surface area contributed by atoms with Gasteiger partial charge in [0.25, 0.3) is 5.69 Å². The second-order valence-corrected chi connectivity index (χ2v) is 6.08. The molecule has 0 aliphatic carbocycles. The van der Waals surface area contributed by atoms with Gasteiger partial charge in [0, 0.05) is 29.2 Å². The zero-order valence-corrected chi connectivity index (χ0v) is 12.6. The van der Waals surface area contributed by atoms with Gasteiger partial charge >= 0.3 is 6.03 Å². The SMILES string of the molecule is O=C(Nc1ccc([N+](=O)[O-])cc1)N1CCC[C@H]1c1cccs1. The molecule has 2 aromatic rings. The number of rotatable bonds is 3. The Balaban J connectivity index is 1.69. The predicted octanol–water partition coefficient (Wildman–Crippen LogP) is 4.03. The Hall–Kier alpha value is -2.41. The van der Waals surface area contributed by atoms with Gasteiger partial charge in [-0.05, 0) is 36.4 Å². The highest BCUT2D eigenvalue weighted by Crippen LogP contribution is 2.34. The van der Waals surface area contributed by atoms with Crippen LogP contribution in [0, 0.1) is 10.1 Å². The van der Waals surface area contributed by atoms with Crippen LogP contribution < -0.4 is 5.32 Å². The molecule has 1 aromatic carbocycles. The number of hydrogen-bond donors (Lipinski definition) is 1. The second-order valence-electron chi connectivity index (χ2n) is 5.10. The number of amides is 2. The van der Waals surface area contributed by atoms with Gasteiger partial charge in [-0.15, -0.1) is 11.3 Å². The zero-order valence-electron chi connectivity index (χ0n) is 11.8. The van der Waals surface area contributed by atoms with Crippen LogP contribution in [0.5, 0.6) is 0 Å². The van der Waals surface area contributed by atoms with Crippen molar-refractivity contribution in [3.05, 3.63) is 56.8 Å². The summed E-state index contributed by atoms with van der Waals surface area (Å²) in [4.78, 5) is 25.6. The summed E-state index contributed by atoms with van der Waals surface area (Å²) in [6.45, 7) is 0.724. The van der Waals surface area contributed by atoms with Gasteiger partial charge in [-0.25, -0.2) is 4.79 Å². The summed E-state index contributed by atoms with van der Waals surface area (Å²) in [6, 6.07) is 9.87. The lowest BCUT2D eigenvalue weighted by Crippen LogP contribution is -2.34. The molecule has 2 amide bonds. The fourth-order valence-corrected chi connectivity index (χ4v) is 3.52. The standard InChI is InChI=1S/C15H15N3O3S/c19-15(16-11-5-7-12(8-6-11)18(20)21)17-9-1-3-13(17)14-4-2-10-22-14/h2,4-8,10,13H,1,3,9H2,(H,16,19)/t13-/m0/s1. The molecule has 7 heteroatoms. The van der Waals surface area contributed by atoms with Crippen molar-refractivity contribution >= 4 is 28.7 Å². The van der Waals surface area contributed by atoms with Crippen LogP contribution in [0.3, 0.4) is 0 Å². The van der Waals surface area contributed by atoms with Crippen LogP contribution in [0.25, 0.3) is 0 Å². The average molecular weight is 317 g/mol. The molecule has 114 valence electrons. The molecule has 1 saturated heterocycles. The van der Waals surface area contributed by atoms with Gasteiger partial charge in [0.15, 0.2) is 0 Å². The molecule has 1 aliphatic heterocycles. The van der Waals surface area contributed by atoms with Crippen LogP contribution in [0.15, 0.2) is 41.8 Å². The van der Waals surface area contributed by atoms with Crippen LogP contribution in [0.4, 0.5) is 16.2 Å². The molecule has 22 heavy (non-hydrogen) atoms. The molecule has 2 heterocycles. The van der Waals surface area contributed by atoms with Crippen molar-refractivity contribution in [2.24, 2.45) is 0 Å². The number of benzene rings is 1. The van der Waals surface area contributed by atoms with Crippen LogP contribution in [0.1, 0.15) is 23.8 Å². The number of non-ortho nitro benzene ring substituents is 1. The summed E-state index contributed by atoms with van der Waals surface area (Å²) in [6.07, 6.45) is 1.95. The van der Waals surface area contributed by atoms with Crippen molar-refractivity contribution in [3.8, 4) is 0 Å². The third kappa shape index (κ3) is 2.94. The van der Waals surface area contributed by atoms with Gasteiger partial charge in [0.2, 0.25) is 0 Å². The van der Waals surface area contributed by atoms with E-state index in [1.807, 2.05) is 22.4 Å². The van der Waals surface area contributed by atoms with E-state index in [0.29, 0.717) is 5.69 Å². The number of carbonyl (C=O) groups excluding carboxylic acids is 1. The van der Waals surface area contributed by atoms with Gasteiger partial charge in [-0.2, -0.15) is 0 Å². The van der Waals surface area contributed by atoms with Crippen LogP contribution in [-0.2, 0) is 0 Å². The Bertz CT molecular complexity index is 670. The summed E-state index contributed by atoms with van der Waals surface area (Å²) in [5.74, 6) is 0. The van der Waals surface area contributed by atoms with E-state index in [1.165, 1.54) is 17.0 Å². The minimum absolute atomic E-state index is 0.00985. The van der Waals surface area contributed by atoms with Crippen molar-refractivity contribution < 1.29 is 9.72 Å². The molecule has 6 nitrogen and oxygen atoms in total. The first-order valence-electron chi connectivity index (χ1n) is 7.00. The third-order valence-electron chi connectivity index (χ3n) is 3.71. The topological polar surface area (TPSA) is 75.5 Å². The van der Waals surface area contributed by atoms with E-state index in [4.69, 9.17) is 0 Å².